The molecule has 1 amide bonds. The molecule has 0 aliphatic rings. The molecule has 2 aromatic carbocycles. The monoisotopic (exact) mass is 355 g/mol. The van der Waals surface area contributed by atoms with E-state index in [9.17, 15) is 4.79 Å². The van der Waals surface area contributed by atoms with Crippen molar-refractivity contribution >= 4 is 17.5 Å². The summed E-state index contributed by atoms with van der Waals surface area (Å²) in [5.41, 5.74) is 1.39. The first-order valence-corrected chi connectivity index (χ1v) is 8.38. The predicted molar refractivity (Wildman–Crippen MR) is 96.2 cm³/mol. The maximum atomic E-state index is 12.4. The molecule has 1 atom stereocenters. The number of carbonyl (C=O) groups excluding carboxylic acids is 1. The Morgan fingerprint density at radius 2 is 1.76 bits per heavy atom. The van der Waals surface area contributed by atoms with Crippen molar-refractivity contribution in [2.75, 3.05) is 0 Å². The van der Waals surface area contributed by atoms with Crippen LogP contribution in [-0.2, 0) is 0 Å². The molecule has 6 heteroatoms. The fourth-order valence-corrected chi connectivity index (χ4v) is 2.53. The molecule has 25 heavy (non-hydrogen) atoms. The van der Waals surface area contributed by atoms with Crippen LogP contribution in [0.3, 0.4) is 0 Å². The molecule has 0 radical (unpaired) electrons. The molecular weight excluding hydrogens is 338 g/mol. The van der Waals surface area contributed by atoms with Crippen molar-refractivity contribution in [3.8, 4) is 11.4 Å². The fourth-order valence-electron chi connectivity index (χ4n) is 2.41. The number of halogens is 1. The van der Waals surface area contributed by atoms with E-state index in [1.54, 1.807) is 24.3 Å². The molecule has 128 valence electrons. The van der Waals surface area contributed by atoms with Crippen molar-refractivity contribution in [2.24, 2.45) is 5.92 Å². The van der Waals surface area contributed by atoms with Gasteiger partial charge in [0.2, 0.25) is 11.7 Å². The molecule has 0 fully saturated rings. The van der Waals surface area contributed by atoms with Crippen LogP contribution in [0.15, 0.2) is 59.1 Å². The zero-order chi connectivity index (χ0) is 17.8. The minimum atomic E-state index is -0.374. The molecule has 1 N–H and O–H groups in total. The third-order valence-corrected chi connectivity index (χ3v) is 4.05. The van der Waals surface area contributed by atoms with Gasteiger partial charge in [0, 0.05) is 16.1 Å². The minimum Gasteiger partial charge on any atom is -0.340 e. The highest BCUT2D eigenvalue weighted by Gasteiger charge is 2.25. The SMILES string of the molecule is CC(C)[C@@H](NC(=O)c1ccccc1)c1nc(-c2ccc(Cl)cc2)no1. The van der Waals surface area contributed by atoms with Gasteiger partial charge in [-0.25, -0.2) is 0 Å². The second-order valence-corrected chi connectivity index (χ2v) is 6.46. The molecule has 1 heterocycles. The number of hydrogen-bond donors (Lipinski definition) is 1. The quantitative estimate of drug-likeness (QED) is 0.730. The van der Waals surface area contributed by atoms with Crippen molar-refractivity contribution in [1.82, 2.24) is 15.5 Å². The summed E-state index contributed by atoms with van der Waals surface area (Å²) in [5.74, 6) is 0.757. The van der Waals surface area contributed by atoms with Gasteiger partial charge in [-0.1, -0.05) is 48.8 Å². The second kappa shape index (κ2) is 7.49. The first-order chi connectivity index (χ1) is 12.0. The molecular formula is C19H18ClN3O2. The van der Waals surface area contributed by atoms with Crippen LogP contribution in [0.2, 0.25) is 5.02 Å². The van der Waals surface area contributed by atoms with Crippen molar-refractivity contribution in [3.05, 3.63) is 71.1 Å². The van der Waals surface area contributed by atoms with Crippen molar-refractivity contribution < 1.29 is 9.32 Å². The molecule has 3 rings (SSSR count). The van der Waals surface area contributed by atoms with E-state index in [0.717, 1.165) is 5.56 Å². The molecule has 0 saturated carbocycles. The highest BCUT2D eigenvalue weighted by molar-refractivity contribution is 6.30. The molecule has 0 spiro atoms. The van der Waals surface area contributed by atoms with Gasteiger partial charge in [0.25, 0.3) is 5.91 Å². The average molecular weight is 356 g/mol. The lowest BCUT2D eigenvalue weighted by Gasteiger charge is -2.18. The first kappa shape index (κ1) is 17.2. The van der Waals surface area contributed by atoms with Gasteiger partial charge in [0.15, 0.2) is 0 Å². The van der Waals surface area contributed by atoms with Crippen LogP contribution in [0.4, 0.5) is 0 Å². The van der Waals surface area contributed by atoms with E-state index in [1.165, 1.54) is 0 Å². The van der Waals surface area contributed by atoms with Gasteiger partial charge < -0.3 is 9.84 Å². The van der Waals surface area contributed by atoms with E-state index >= 15 is 0 Å². The molecule has 5 nitrogen and oxygen atoms in total. The summed E-state index contributed by atoms with van der Waals surface area (Å²) in [7, 11) is 0. The fraction of sp³-hybridized carbons (Fsp3) is 0.211. The Morgan fingerprint density at radius 3 is 2.40 bits per heavy atom. The number of nitrogens with zero attached hydrogens (tertiary/aromatic N) is 2. The number of carbonyl (C=O) groups is 1. The van der Waals surface area contributed by atoms with Crippen LogP contribution >= 0.6 is 11.6 Å². The number of rotatable bonds is 5. The maximum absolute atomic E-state index is 12.4. The lowest BCUT2D eigenvalue weighted by atomic mass is 10.0. The van der Waals surface area contributed by atoms with Gasteiger partial charge in [-0.3, -0.25) is 4.79 Å². The van der Waals surface area contributed by atoms with Crippen molar-refractivity contribution in [3.63, 3.8) is 0 Å². The van der Waals surface area contributed by atoms with Crippen LogP contribution in [-0.4, -0.2) is 16.0 Å². The number of aromatic nitrogens is 2. The van der Waals surface area contributed by atoms with Gasteiger partial charge in [0.05, 0.1) is 0 Å². The summed E-state index contributed by atoms with van der Waals surface area (Å²) in [6, 6.07) is 15.9. The van der Waals surface area contributed by atoms with Crippen molar-refractivity contribution in [1.29, 1.82) is 0 Å². The smallest absolute Gasteiger partial charge is 0.251 e. The van der Waals surface area contributed by atoms with E-state index in [-0.39, 0.29) is 17.9 Å². The average Bonchev–Trinajstić information content (AvgIpc) is 3.10. The van der Waals surface area contributed by atoms with E-state index in [0.29, 0.717) is 22.3 Å². The molecule has 0 unspecified atom stereocenters. The van der Waals surface area contributed by atoms with Crippen LogP contribution in [0.5, 0.6) is 0 Å². The highest BCUT2D eigenvalue weighted by Crippen LogP contribution is 2.24. The normalized spacial score (nSPS) is 12.2. The third kappa shape index (κ3) is 4.06. The van der Waals surface area contributed by atoms with Gasteiger partial charge >= 0.3 is 0 Å². The zero-order valence-electron chi connectivity index (χ0n) is 13.9. The van der Waals surface area contributed by atoms with E-state index in [1.807, 2.05) is 44.2 Å². The van der Waals surface area contributed by atoms with Gasteiger partial charge in [-0.15, -0.1) is 0 Å². The van der Waals surface area contributed by atoms with E-state index in [4.69, 9.17) is 16.1 Å². The molecule has 0 aliphatic carbocycles. The summed E-state index contributed by atoms with van der Waals surface area (Å²) in [6.07, 6.45) is 0. The summed E-state index contributed by atoms with van der Waals surface area (Å²) in [4.78, 5) is 16.9. The zero-order valence-corrected chi connectivity index (χ0v) is 14.7. The Kier molecular flexibility index (Phi) is 5.14. The van der Waals surface area contributed by atoms with Crippen LogP contribution in [0, 0.1) is 5.92 Å². The van der Waals surface area contributed by atoms with Crippen LogP contribution in [0.1, 0.15) is 36.1 Å². The summed E-state index contributed by atoms with van der Waals surface area (Å²) in [6.45, 7) is 3.98. The number of nitrogens with one attached hydrogen (secondary N) is 1. The Labute approximate surface area is 151 Å². The van der Waals surface area contributed by atoms with Crippen LogP contribution < -0.4 is 5.32 Å². The van der Waals surface area contributed by atoms with E-state index in [2.05, 4.69) is 15.5 Å². The minimum absolute atomic E-state index is 0.0891. The molecule has 0 aliphatic heterocycles. The number of amides is 1. The van der Waals surface area contributed by atoms with Crippen molar-refractivity contribution in [2.45, 2.75) is 19.9 Å². The molecule has 1 aromatic heterocycles. The maximum Gasteiger partial charge on any atom is 0.251 e. The Bertz CT molecular complexity index is 845. The van der Waals surface area contributed by atoms with E-state index < -0.39 is 0 Å². The van der Waals surface area contributed by atoms with Gasteiger partial charge in [0.1, 0.15) is 6.04 Å². The molecule has 0 saturated heterocycles. The largest absolute Gasteiger partial charge is 0.340 e. The number of hydrogen-bond acceptors (Lipinski definition) is 4. The molecule has 3 aromatic rings. The summed E-state index contributed by atoms with van der Waals surface area (Å²) in [5, 5.41) is 7.63. The Balaban J connectivity index is 1.82. The van der Waals surface area contributed by atoms with Gasteiger partial charge in [-0.05, 0) is 42.3 Å². The Morgan fingerprint density at radius 1 is 1.08 bits per heavy atom. The summed E-state index contributed by atoms with van der Waals surface area (Å²) >= 11 is 5.90. The standard InChI is InChI=1S/C19H18ClN3O2/c1-12(2)16(21-18(24)14-6-4-3-5-7-14)19-22-17(23-25-19)13-8-10-15(20)11-9-13/h3-12,16H,1-2H3,(H,21,24)/t16-/m1/s1. The number of benzene rings is 2. The molecule has 0 bridgehead atoms. The topological polar surface area (TPSA) is 68.0 Å². The summed E-state index contributed by atoms with van der Waals surface area (Å²) < 4.78 is 5.40. The second-order valence-electron chi connectivity index (χ2n) is 6.02. The van der Waals surface area contributed by atoms with Crippen LogP contribution in [0.25, 0.3) is 11.4 Å². The highest BCUT2D eigenvalue weighted by atomic mass is 35.5. The lowest BCUT2D eigenvalue weighted by Crippen LogP contribution is -2.32. The predicted octanol–water partition coefficient (Wildman–Crippen LogP) is 4.52. The first-order valence-electron chi connectivity index (χ1n) is 8.00. The Hall–Kier alpha value is -2.66. The third-order valence-electron chi connectivity index (χ3n) is 3.80. The lowest BCUT2D eigenvalue weighted by molar-refractivity contribution is 0.0914. The van der Waals surface area contributed by atoms with Gasteiger partial charge in [-0.2, -0.15) is 4.98 Å².